The summed E-state index contributed by atoms with van der Waals surface area (Å²) in [5.74, 6) is 0.890. The quantitative estimate of drug-likeness (QED) is 0.883. The molecule has 4 heteroatoms. The van der Waals surface area contributed by atoms with Crippen LogP contribution >= 0.6 is 11.3 Å². The van der Waals surface area contributed by atoms with Crippen LogP contribution in [0, 0.1) is 6.92 Å². The Morgan fingerprint density at radius 2 is 2.06 bits per heavy atom. The molecule has 0 radical (unpaired) electrons. The summed E-state index contributed by atoms with van der Waals surface area (Å²) in [4.78, 5) is 5.55. The van der Waals surface area contributed by atoms with Crippen LogP contribution in [0.4, 0.5) is 0 Å². The molecule has 3 nitrogen and oxygen atoms in total. The molecule has 0 aliphatic heterocycles. The molecule has 1 heterocycles. The van der Waals surface area contributed by atoms with Gasteiger partial charge in [-0.05, 0) is 26.1 Å². The van der Waals surface area contributed by atoms with Gasteiger partial charge in [0.25, 0.3) is 0 Å². The molecule has 0 spiro atoms. The van der Waals surface area contributed by atoms with Gasteiger partial charge < -0.3 is 10.1 Å². The molecular formula is C13H16N2OS. The third-order valence-corrected chi connectivity index (χ3v) is 3.31. The molecule has 0 unspecified atom stereocenters. The van der Waals surface area contributed by atoms with Gasteiger partial charge in [0.1, 0.15) is 17.4 Å². The van der Waals surface area contributed by atoms with Crippen LogP contribution in [-0.2, 0) is 13.2 Å². The molecule has 0 amide bonds. The van der Waals surface area contributed by atoms with Crippen molar-refractivity contribution in [3.05, 3.63) is 45.9 Å². The van der Waals surface area contributed by atoms with Gasteiger partial charge in [-0.15, -0.1) is 11.3 Å². The largest absolute Gasteiger partial charge is 0.486 e. The highest BCUT2D eigenvalue weighted by atomic mass is 32.1. The lowest BCUT2D eigenvalue weighted by molar-refractivity contribution is 0.305. The van der Waals surface area contributed by atoms with Gasteiger partial charge in [-0.3, -0.25) is 0 Å². The van der Waals surface area contributed by atoms with Crippen LogP contribution < -0.4 is 10.1 Å². The van der Waals surface area contributed by atoms with Crippen molar-refractivity contribution in [2.24, 2.45) is 0 Å². The maximum atomic E-state index is 5.67. The fraction of sp³-hybridized carbons (Fsp3) is 0.308. The minimum atomic E-state index is 0.539. The lowest BCUT2D eigenvalue weighted by atomic mass is 10.2. The van der Waals surface area contributed by atoms with E-state index in [1.54, 1.807) is 11.3 Å². The second kappa shape index (κ2) is 5.80. The fourth-order valence-electron chi connectivity index (χ4n) is 1.45. The zero-order valence-electron chi connectivity index (χ0n) is 10.1. The number of rotatable bonds is 5. The summed E-state index contributed by atoms with van der Waals surface area (Å²) >= 11 is 1.68. The van der Waals surface area contributed by atoms with Crippen molar-refractivity contribution >= 4 is 11.3 Å². The van der Waals surface area contributed by atoms with Crippen LogP contribution in [-0.4, -0.2) is 12.0 Å². The number of hydrogen-bond acceptors (Lipinski definition) is 4. The van der Waals surface area contributed by atoms with Crippen molar-refractivity contribution in [2.75, 3.05) is 7.05 Å². The first-order valence-corrected chi connectivity index (χ1v) is 6.37. The number of benzene rings is 1. The van der Waals surface area contributed by atoms with E-state index in [2.05, 4.69) is 17.2 Å². The van der Waals surface area contributed by atoms with Crippen molar-refractivity contribution in [3.63, 3.8) is 0 Å². The Labute approximate surface area is 105 Å². The molecule has 0 saturated heterocycles. The number of aryl methyl sites for hydroxylation is 1. The molecule has 0 aliphatic rings. The second-order valence-electron chi connectivity index (χ2n) is 3.85. The minimum Gasteiger partial charge on any atom is -0.486 e. The molecule has 0 fully saturated rings. The Balaban J connectivity index is 1.90. The molecule has 17 heavy (non-hydrogen) atoms. The van der Waals surface area contributed by atoms with E-state index in [9.17, 15) is 0 Å². The molecular weight excluding hydrogens is 232 g/mol. The summed E-state index contributed by atoms with van der Waals surface area (Å²) in [6, 6.07) is 8.06. The molecule has 2 aromatic rings. The summed E-state index contributed by atoms with van der Waals surface area (Å²) in [7, 11) is 1.93. The van der Waals surface area contributed by atoms with Crippen LogP contribution in [0.3, 0.4) is 0 Å². The van der Waals surface area contributed by atoms with Crippen molar-refractivity contribution in [3.8, 4) is 5.75 Å². The van der Waals surface area contributed by atoms with E-state index in [1.807, 2.05) is 37.5 Å². The molecule has 1 aromatic carbocycles. The molecule has 1 N–H and O–H groups in total. The summed E-state index contributed by atoms with van der Waals surface area (Å²) in [6.07, 6.45) is 1.90. The van der Waals surface area contributed by atoms with Gasteiger partial charge in [0.05, 0.1) is 0 Å². The lowest BCUT2D eigenvalue weighted by Gasteiger charge is -2.03. The van der Waals surface area contributed by atoms with Crippen molar-refractivity contribution < 1.29 is 4.74 Å². The molecule has 0 bridgehead atoms. The number of aromatic nitrogens is 1. The smallest absolute Gasteiger partial charge is 0.140 e. The van der Waals surface area contributed by atoms with E-state index >= 15 is 0 Å². The van der Waals surface area contributed by atoms with Crippen LogP contribution in [0.15, 0.2) is 30.5 Å². The highest BCUT2D eigenvalue weighted by molar-refractivity contribution is 7.11. The normalized spacial score (nSPS) is 10.5. The summed E-state index contributed by atoms with van der Waals surface area (Å²) < 4.78 is 5.67. The molecule has 0 atom stereocenters. The fourth-order valence-corrected chi connectivity index (χ4v) is 2.30. The number of thiazole rings is 1. The Kier molecular flexibility index (Phi) is 4.12. The highest BCUT2D eigenvalue weighted by Crippen LogP contribution is 2.17. The van der Waals surface area contributed by atoms with Crippen molar-refractivity contribution in [1.82, 2.24) is 10.3 Å². The van der Waals surface area contributed by atoms with Gasteiger partial charge in [0, 0.05) is 17.6 Å². The topological polar surface area (TPSA) is 34.2 Å². The lowest BCUT2D eigenvalue weighted by Crippen LogP contribution is -2.02. The monoisotopic (exact) mass is 248 g/mol. The van der Waals surface area contributed by atoms with Crippen LogP contribution in [0.1, 0.15) is 15.4 Å². The molecule has 2 rings (SSSR count). The number of nitrogens with zero attached hydrogens (tertiary/aromatic N) is 1. The average Bonchev–Trinajstić information content (AvgIpc) is 2.77. The predicted octanol–water partition coefficient (Wildman–Crippen LogP) is 2.75. The zero-order chi connectivity index (χ0) is 12.1. The Morgan fingerprint density at radius 1 is 1.29 bits per heavy atom. The van der Waals surface area contributed by atoms with E-state index in [0.717, 1.165) is 17.3 Å². The number of ether oxygens (including phenoxy) is 1. The summed E-state index contributed by atoms with van der Waals surface area (Å²) in [5.41, 5.74) is 1.24. The third kappa shape index (κ3) is 3.54. The zero-order valence-corrected chi connectivity index (χ0v) is 10.9. The van der Waals surface area contributed by atoms with Crippen molar-refractivity contribution in [1.29, 1.82) is 0 Å². The molecule has 0 saturated carbocycles. The summed E-state index contributed by atoms with van der Waals surface area (Å²) in [6.45, 7) is 3.47. The first-order valence-electron chi connectivity index (χ1n) is 5.55. The molecule has 90 valence electrons. The first-order chi connectivity index (χ1) is 8.28. The molecule has 1 aromatic heterocycles. The van der Waals surface area contributed by atoms with Gasteiger partial charge >= 0.3 is 0 Å². The van der Waals surface area contributed by atoms with E-state index in [-0.39, 0.29) is 0 Å². The van der Waals surface area contributed by atoms with E-state index in [1.165, 1.54) is 10.4 Å². The maximum Gasteiger partial charge on any atom is 0.140 e. The van der Waals surface area contributed by atoms with Gasteiger partial charge in [0.2, 0.25) is 0 Å². The Morgan fingerprint density at radius 3 is 2.76 bits per heavy atom. The maximum absolute atomic E-state index is 5.67. The number of hydrogen-bond donors (Lipinski definition) is 1. The van der Waals surface area contributed by atoms with Gasteiger partial charge in [0.15, 0.2) is 0 Å². The molecule has 0 aliphatic carbocycles. The third-order valence-electron chi connectivity index (χ3n) is 2.34. The first kappa shape index (κ1) is 12.1. The Bertz CT molecular complexity index is 465. The van der Waals surface area contributed by atoms with Crippen molar-refractivity contribution in [2.45, 2.75) is 20.1 Å². The van der Waals surface area contributed by atoms with E-state index < -0.39 is 0 Å². The van der Waals surface area contributed by atoms with E-state index in [4.69, 9.17) is 4.74 Å². The second-order valence-corrected chi connectivity index (χ2v) is 5.05. The standard InChI is InChI=1S/C13H16N2OS/c1-10-3-5-11(6-4-10)16-9-13-15-8-12(17-13)7-14-2/h3-6,8,14H,7,9H2,1-2H3. The highest BCUT2D eigenvalue weighted by Gasteiger charge is 2.02. The SMILES string of the molecule is CNCc1cnc(COc2ccc(C)cc2)s1. The Hall–Kier alpha value is -1.39. The predicted molar refractivity (Wildman–Crippen MR) is 70.4 cm³/mol. The minimum absolute atomic E-state index is 0.539. The van der Waals surface area contributed by atoms with Crippen LogP contribution in [0.5, 0.6) is 5.75 Å². The average molecular weight is 248 g/mol. The van der Waals surface area contributed by atoms with Crippen LogP contribution in [0.25, 0.3) is 0 Å². The van der Waals surface area contributed by atoms with Gasteiger partial charge in [-0.25, -0.2) is 4.98 Å². The summed E-state index contributed by atoms with van der Waals surface area (Å²) in [5, 5.41) is 4.12. The number of nitrogens with one attached hydrogen (secondary N) is 1. The van der Waals surface area contributed by atoms with E-state index in [0.29, 0.717) is 6.61 Å². The van der Waals surface area contributed by atoms with Gasteiger partial charge in [-0.2, -0.15) is 0 Å². The van der Waals surface area contributed by atoms with Gasteiger partial charge in [-0.1, -0.05) is 17.7 Å². The van der Waals surface area contributed by atoms with Crippen LogP contribution in [0.2, 0.25) is 0 Å².